The van der Waals surface area contributed by atoms with Crippen LogP contribution < -0.4 is 5.32 Å². The Morgan fingerprint density at radius 3 is 2.92 bits per heavy atom. The predicted octanol–water partition coefficient (Wildman–Crippen LogP) is 3.36. The van der Waals surface area contributed by atoms with Crippen molar-refractivity contribution >= 4 is 17.2 Å². The number of benzene rings is 1. The molecule has 4 nitrogen and oxygen atoms in total. The number of fused-ring (bicyclic) bond motifs is 3. The van der Waals surface area contributed by atoms with Gasteiger partial charge in [-0.2, -0.15) is 0 Å². The van der Waals surface area contributed by atoms with Gasteiger partial charge in [0, 0.05) is 36.0 Å². The Bertz CT molecular complexity index is 935. The standard InChI is InChI=1S/C18H15F2N3O/c19-13-6-5-12(10-14(13)20)21-18(24)11-4-7-15-16(9-11)23-8-2-1-3-17(23)22-15/h1-3,5-6,8,10-11H,4,7,9H2,(H,21,24). The molecule has 0 aliphatic heterocycles. The molecule has 3 aromatic rings. The minimum absolute atomic E-state index is 0.183. The number of hydrogen-bond acceptors (Lipinski definition) is 2. The van der Waals surface area contributed by atoms with E-state index in [0.717, 1.165) is 35.6 Å². The molecule has 2 aromatic heterocycles. The van der Waals surface area contributed by atoms with Crippen molar-refractivity contribution in [2.75, 3.05) is 5.32 Å². The van der Waals surface area contributed by atoms with Crippen LogP contribution in [0.25, 0.3) is 5.65 Å². The smallest absolute Gasteiger partial charge is 0.227 e. The number of aryl methyl sites for hydroxylation is 1. The first-order valence-corrected chi connectivity index (χ1v) is 7.82. The molecule has 1 aliphatic rings. The minimum Gasteiger partial charge on any atom is -0.326 e. The van der Waals surface area contributed by atoms with E-state index in [1.165, 1.54) is 6.07 Å². The van der Waals surface area contributed by atoms with E-state index in [4.69, 9.17) is 0 Å². The van der Waals surface area contributed by atoms with Gasteiger partial charge < -0.3 is 9.72 Å². The second-order valence-electron chi connectivity index (χ2n) is 5.99. The summed E-state index contributed by atoms with van der Waals surface area (Å²) >= 11 is 0. The van der Waals surface area contributed by atoms with Crippen LogP contribution in [-0.4, -0.2) is 15.3 Å². The van der Waals surface area contributed by atoms with Crippen LogP contribution in [0.1, 0.15) is 17.8 Å². The zero-order valence-electron chi connectivity index (χ0n) is 12.8. The molecule has 24 heavy (non-hydrogen) atoms. The molecule has 1 aromatic carbocycles. The summed E-state index contributed by atoms with van der Waals surface area (Å²) in [6.07, 6.45) is 3.94. The van der Waals surface area contributed by atoms with Gasteiger partial charge in [0.2, 0.25) is 5.91 Å². The number of carbonyl (C=O) groups is 1. The van der Waals surface area contributed by atoms with E-state index < -0.39 is 11.6 Å². The number of pyridine rings is 1. The number of nitrogens with zero attached hydrogens (tertiary/aromatic N) is 2. The number of halogens is 2. The first kappa shape index (κ1) is 14.8. The van der Waals surface area contributed by atoms with Gasteiger partial charge in [0.25, 0.3) is 0 Å². The van der Waals surface area contributed by atoms with Gasteiger partial charge in [-0.3, -0.25) is 4.79 Å². The highest BCUT2D eigenvalue weighted by atomic mass is 19.2. The number of nitrogens with one attached hydrogen (secondary N) is 1. The van der Waals surface area contributed by atoms with E-state index in [0.29, 0.717) is 12.8 Å². The molecule has 4 rings (SSSR count). The van der Waals surface area contributed by atoms with Gasteiger partial charge in [0.05, 0.1) is 5.69 Å². The second kappa shape index (κ2) is 5.70. The fraction of sp³-hybridized carbons (Fsp3) is 0.222. The summed E-state index contributed by atoms with van der Waals surface area (Å²) in [7, 11) is 0. The molecule has 2 heterocycles. The zero-order valence-corrected chi connectivity index (χ0v) is 12.8. The van der Waals surface area contributed by atoms with E-state index in [-0.39, 0.29) is 17.5 Å². The van der Waals surface area contributed by atoms with Crippen LogP contribution in [0, 0.1) is 17.6 Å². The third-order valence-electron chi connectivity index (χ3n) is 4.44. The molecule has 0 bridgehead atoms. The summed E-state index contributed by atoms with van der Waals surface area (Å²) in [5, 5.41) is 2.68. The van der Waals surface area contributed by atoms with Crippen molar-refractivity contribution in [1.82, 2.24) is 9.38 Å². The predicted molar refractivity (Wildman–Crippen MR) is 85.7 cm³/mol. The Morgan fingerprint density at radius 1 is 1.21 bits per heavy atom. The number of anilines is 1. The Hall–Kier alpha value is -2.76. The average molecular weight is 327 g/mol. The number of imidazole rings is 1. The molecule has 0 radical (unpaired) electrons. The summed E-state index contributed by atoms with van der Waals surface area (Å²) in [4.78, 5) is 17.1. The third-order valence-corrected chi connectivity index (χ3v) is 4.44. The maximum atomic E-state index is 13.3. The summed E-state index contributed by atoms with van der Waals surface area (Å²) in [5.74, 6) is -2.30. The van der Waals surface area contributed by atoms with Crippen molar-refractivity contribution < 1.29 is 13.6 Å². The third kappa shape index (κ3) is 2.54. The molecular weight excluding hydrogens is 312 g/mol. The summed E-state index contributed by atoms with van der Waals surface area (Å²) in [5.41, 5.74) is 3.22. The van der Waals surface area contributed by atoms with Crippen LogP contribution in [0.5, 0.6) is 0 Å². The highest BCUT2D eigenvalue weighted by Crippen LogP contribution is 2.27. The van der Waals surface area contributed by atoms with Crippen molar-refractivity contribution in [3.05, 3.63) is 65.6 Å². The molecule has 1 N–H and O–H groups in total. The van der Waals surface area contributed by atoms with Crippen LogP contribution >= 0.6 is 0 Å². The number of aromatic nitrogens is 2. The fourth-order valence-electron chi connectivity index (χ4n) is 3.20. The lowest BCUT2D eigenvalue weighted by Gasteiger charge is -2.21. The molecule has 0 saturated carbocycles. The highest BCUT2D eigenvalue weighted by molar-refractivity contribution is 5.92. The lowest BCUT2D eigenvalue weighted by atomic mass is 9.89. The molecule has 0 saturated heterocycles. The molecule has 1 aliphatic carbocycles. The van der Waals surface area contributed by atoms with Gasteiger partial charge in [-0.15, -0.1) is 0 Å². The largest absolute Gasteiger partial charge is 0.326 e. The minimum atomic E-state index is -0.972. The molecule has 1 atom stereocenters. The first-order chi connectivity index (χ1) is 11.6. The van der Waals surface area contributed by atoms with Crippen LogP contribution in [-0.2, 0) is 17.6 Å². The van der Waals surface area contributed by atoms with Gasteiger partial charge in [0.1, 0.15) is 5.65 Å². The Labute approximate surface area is 137 Å². The van der Waals surface area contributed by atoms with E-state index in [1.807, 2.05) is 28.8 Å². The van der Waals surface area contributed by atoms with E-state index in [1.54, 1.807) is 0 Å². The fourth-order valence-corrected chi connectivity index (χ4v) is 3.20. The van der Waals surface area contributed by atoms with Gasteiger partial charge in [-0.25, -0.2) is 13.8 Å². The summed E-state index contributed by atoms with van der Waals surface area (Å²) in [6, 6.07) is 9.17. The zero-order chi connectivity index (χ0) is 16.7. The van der Waals surface area contributed by atoms with Gasteiger partial charge in [-0.05, 0) is 37.1 Å². The van der Waals surface area contributed by atoms with Crippen molar-refractivity contribution in [3.63, 3.8) is 0 Å². The maximum absolute atomic E-state index is 13.3. The topological polar surface area (TPSA) is 46.4 Å². The molecule has 1 unspecified atom stereocenters. The van der Waals surface area contributed by atoms with E-state index in [9.17, 15) is 13.6 Å². The Balaban J connectivity index is 1.55. The number of rotatable bonds is 2. The SMILES string of the molecule is O=C(Nc1ccc(F)c(F)c1)C1CCc2nc3ccccn3c2C1. The molecule has 1 amide bonds. The van der Waals surface area contributed by atoms with Crippen LogP contribution in [0.4, 0.5) is 14.5 Å². The van der Waals surface area contributed by atoms with Gasteiger partial charge >= 0.3 is 0 Å². The monoisotopic (exact) mass is 327 g/mol. The molecular formula is C18H15F2N3O. The molecule has 0 spiro atoms. The molecule has 122 valence electrons. The van der Waals surface area contributed by atoms with E-state index in [2.05, 4.69) is 10.3 Å². The van der Waals surface area contributed by atoms with Crippen LogP contribution in [0.15, 0.2) is 42.6 Å². The van der Waals surface area contributed by atoms with Crippen LogP contribution in [0.2, 0.25) is 0 Å². The van der Waals surface area contributed by atoms with Crippen molar-refractivity contribution in [2.45, 2.75) is 19.3 Å². The van der Waals surface area contributed by atoms with Gasteiger partial charge in [-0.1, -0.05) is 6.07 Å². The lowest BCUT2D eigenvalue weighted by Crippen LogP contribution is -2.28. The lowest BCUT2D eigenvalue weighted by molar-refractivity contribution is -0.120. The highest BCUT2D eigenvalue weighted by Gasteiger charge is 2.28. The number of carbonyl (C=O) groups excluding carboxylic acids is 1. The number of hydrogen-bond donors (Lipinski definition) is 1. The molecule has 6 heteroatoms. The Morgan fingerprint density at radius 2 is 2.08 bits per heavy atom. The Kier molecular flexibility index (Phi) is 3.52. The average Bonchev–Trinajstić information content (AvgIpc) is 2.96. The second-order valence-corrected chi connectivity index (χ2v) is 5.99. The number of amides is 1. The quantitative estimate of drug-likeness (QED) is 0.784. The van der Waals surface area contributed by atoms with Crippen molar-refractivity contribution in [3.8, 4) is 0 Å². The maximum Gasteiger partial charge on any atom is 0.227 e. The van der Waals surface area contributed by atoms with Crippen molar-refractivity contribution in [1.29, 1.82) is 0 Å². The van der Waals surface area contributed by atoms with E-state index >= 15 is 0 Å². The molecule has 0 fully saturated rings. The normalized spacial score (nSPS) is 16.8. The van der Waals surface area contributed by atoms with Gasteiger partial charge in [0.15, 0.2) is 11.6 Å². The summed E-state index contributed by atoms with van der Waals surface area (Å²) < 4.78 is 28.2. The van der Waals surface area contributed by atoms with Crippen molar-refractivity contribution in [2.24, 2.45) is 5.92 Å². The first-order valence-electron chi connectivity index (χ1n) is 7.82. The summed E-state index contributed by atoms with van der Waals surface area (Å²) in [6.45, 7) is 0. The van der Waals surface area contributed by atoms with Crippen LogP contribution in [0.3, 0.4) is 0 Å².